The Morgan fingerprint density at radius 2 is 2.22 bits per heavy atom. The van der Waals surface area contributed by atoms with Crippen molar-refractivity contribution in [1.82, 2.24) is 29.9 Å². The van der Waals surface area contributed by atoms with Crippen LogP contribution in [0.5, 0.6) is 0 Å². The largest absolute Gasteiger partial charge is 0.383 e. The van der Waals surface area contributed by atoms with Gasteiger partial charge in [0.05, 0.1) is 36.9 Å². The van der Waals surface area contributed by atoms with Gasteiger partial charge < -0.3 is 10.1 Å². The number of H-pyrrole nitrogens is 1. The van der Waals surface area contributed by atoms with Crippen molar-refractivity contribution in [2.45, 2.75) is 32.2 Å². The first-order valence-electron chi connectivity index (χ1n) is 7.75. The van der Waals surface area contributed by atoms with E-state index in [0.717, 1.165) is 53.4 Å². The summed E-state index contributed by atoms with van der Waals surface area (Å²) in [5.74, 6) is 2.13. The van der Waals surface area contributed by atoms with Crippen LogP contribution < -0.4 is 5.32 Å². The summed E-state index contributed by atoms with van der Waals surface area (Å²) in [5, 5.41) is 14.8. The molecule has 1 aliphatic rings. The van der Waals surface area contributed by atoms with Gasteiger partial charge in [-0.15, -0.1) is 0 Å². The average Bonchev–Trinajstić information content (AvgIpc) is 3.21. The molecule has 23 heavy (non-hydrogen) atoms. The van der Waals surface area contributed by atoms with Gasteiger partial charge in [-0.25, -0.2) is 9.97 Å². The minimum Gasteiger partial charge on any atom is -0.383 e. The van der Waals surface area contributed by atoms with Gasteiger partial charge in [-0.05, 0) is 19.8 Å². The Morgan fingerprint density at radius 3 is 3.00 bits per heavy atom. The molecule has 1 aliphatic carbocycles. The summed E-state index contributed by atoms with van der Waals surface area (Å²) >= 11 is 0. The second-order valence-corrected chi connectivity index (χ2v) is 5.82. The lowest BCUT2D eigenvalue weighted by Crippen LogP contribution is -2.08. The van der Waals surface area contributed by atoms with E-state index in [-0.39, 0.29) is 0 Å². The zero-order valence-corrected chi connectivity index (χ0v) is 13.2. The van der Waals surface area contributed by atoms with Crippen molar-refractivity contribution < 1.29 is 4.74 Å². The smallest absolute Gasteiger partial charge is 0.160 e. The summed E-state index contributed by atoms with van der Waals surface area (Å²) in [7, 11) is 1.69. The number of nitrogens with zero attached hydrogens (tertiary/aromatic N) is 5. The fraction of sp³-hybridized carbons (Fsp3) is 0.467. The minimum absolute atomic E-state index is 0.486. The number of hydrogen-bond acceptors (Lipinski definition) is 6. The van der Waals surface area contributed by atoms with E-state index in [1.807, 2.05) is 17.8 Å². The van der Waals surface area contributed by atoms with Crippen molar-refractivity contribution in [2.24, 2.45) is 0 Å². The second-order valence-electron chi connectivity index (χ2n) is 5.82. The summed E-state index contributed by atoms with van der Waals surface area (Å²) < 4.78 is 7.03. The van der Waals surface area contributed by atoms with E-state index in [4.69, 9.17) is 4.74 Å². The zero-order chi connectivity index (χ0) is 15.8. The van der Waals surface area contributed by atoms with Crippen molar-refractivity contribution in [2.75, 3.05) is 19.0 Å². The van der Waals surface area contributed by atoms with Crippen molar-refractivity contribution in [3.05, 3.63) is 23.9 Å². The highest BCUT2D eigenvalue weighted by molar-refractivity contribution is 5.87. The number of aromatic nitrogens is 6. The van der Waals surface area contributed by atoms with Gasteiger partial charge in [0.2, 0.25) is 0 Å². The molecule has 0 saturated heterocycles. The van der Waals surface area contributed by atoms with Crippen LogP contribution in [0.25, 0.3) is 11.0 Å². The number of nitrogens with one attached hydrogen (secondary N) is 2. The molecule has 120 valence electrons. The van der Waals surface area contributed by atoms with E-state index in [2.05, 4.69) is 30.6 Å². The summed E-state index contributed by atoms with van der Waals surface area (Å²) in [6.07, 6.45) is 5.88. The van der Waals surface area contributed by atoms with Crippen LogP contribution in [-0.4, -0.2) is 43.7 Å². The fourth-order valence-electron chi connectivity index (χ4n) is 2.57. The molecule has 0 bridgehead atoms. The predicted molar refractivity (Wildman–Crippen MR) is 85.8 cm³/mol. The van der Waals surface area contributed by atoms with E-state index in [9.17, 15) is 0 Å². The van der Waals surface area contributed by atoms with Crippen LogP contribution >= 0.6 is 0 Å². The monoisotopic (exact) mass is 313 g/mol. The molecule has 0 unspecified atom stereocenters. The molecule has 0 atom stereocenters. The molecule has 0 amide bonds. The second kappa shape index (κ2) is 5.62. The lowest BCUT2D eigenvalue weighted by atomic mass is 10.3. The molecule has 8 heteroatoms. The third-order valence-corrected chi connectivity index (χ3v) is 4.12. The van der Waals surface area contributed by atoms with E-state index in [1.54, 1.807) is 13.3 Å². The predicted octanol–water partition coefficient (Wildman–Crippen LogP) is 2.13. The Balaban J connectivity index is 1.67. The van der Waals surface area contributed by atoms with Crippen LogP contribution in [-0.2, 0) is 11.3 Å². The van der Waals surface area contributed by atoms with Gasteiger partial charge in [0.15, 0.2) is 5.82 Å². The lowest BCUT2D eigenvalue weighted by molar-refractivity contribution is 0.183. The van der Waals surface area contributed by atoms with Crippen LogP contribution in [0.4, 0.5) is 11.5 Å². The third-order valence-electron chi connectivity index (χ3n) is 4.12. The van der Waals surface area contributed by atoms with Gasteiger partial charge >= 0.3 is 0 Å². The normalized spacial score (nSPS) is 14.5. The first-order chi connectivity index (χ1) is 11.3. The van der Waals surface area contributed by atoms with Crippen molar-refractivity contribution in [3.8, 4) is 0 Å². The third kappa shape index (κ3) is 2.65. The molecule has 3 aromatic rings. The highest BCUT2D eigenvalue weighted by atomic mass is 16.5. The molecule has 1 fully saturated rings. The van der Waals surface area contributed by atoms with Crippen molar-refractivity contribution in [3.63, 3.8) is 0 Å². The van der Waals surface area contributed by atoms with Gasteiger partial charge in [-0.2, -0.15) is 10.2 Å². The standard InChI is InChI=1S/C15H19N7O/c1-9-11(8-17-22(9)5-6-23-2)18-15-13-12(7-16-21-13)19-14(20-15)10-3-4-10/h7-8,10H,3-6H2,1-2H3,(H,16,21)(H,18,19,20). The van der Waals surface area contributed by atoms with Crippen molar-refractivity contribution in [1.29, 1.82) is 0 Å². The molecule has 4 rings (SSSR count). The maximum atomic E-state index is 5.11. The minimum atomic E-state index is 0.486. The topological polar surface area (TPSA) is 93.5 Å². The summed E-state index contributed by atoms with van der Waals surface area (Å²) in [4.78, 5) is 9.27. The fourth-order valence-corrected chi connectivity index (χ4v) is 2.57. The van der Waals surface area contributed by atoms with Crippen LogP contribution in [0.15, 0.2) is 12.4 Å². The average molecular weight is 313 g/mol. The van der Waals surface area contributed by atoms with Crippen LogP contribution in [0.2, 0.25) is 0 Å². The van der Waals surface area contributed by atoms with E-state index in [0.29, 0.717) is 12.5 Å². The molecule has 0 aromatic carbocycles. The quantitative estimate of drug-likeness (QED) is 0.724. The van der Waals surface area contributed by atoms with Gasteiger partial charge in [-0.3, -0.25) is 9.78 Å². The molecule has 8 nitrogen and oxygen atoms in total. The first-order valence-corrected chi connectivity index (χ1v) is 7.75. The number of ether oxygens (including phenoxy) is 1. The molecule has 0 aliphatic heterocycles. The maximum absolute atomic E-state index is 5.11. The molecular formula is C15H19N7O. The van der Waals surface area contributed by atoms with E-state index >= 15 is 0 Å². The van der Waals surface area contributed by atoms with E-state index < -0.39 is 0 Å². The van der Waals surface area contributed by atoms with Crippen LogP contribution in [0, 0.1) is 6.92 Å². The Morgan fingerprint density at radius 1 is 1.35 bits per heavy atom. The Bertz CT molecular complexity index is 834. The zero-order valence-electron chi connectivity index (χ0n) is 13.2. The Hall–Kier alpha value is -2.48. The van der Waals surface area contributed by atoms with Gasteiger partial charge in [0.25, 0.3) is 0 Å². The van der Waals surface area contributed by atoms with Crippen LogP contribution in [0.3, 0.4) is 0 Å². The number of anilines is 2. The maximum Gasteiger partial charge on any atom is 0.160 e. The number of methoxy groups -OCH3 is 1. The summed E-state index contributed by atoms with van der Waals surface area (Å²) in [6, 6.07) is 0. The SMILES string of the molecule is COCCn1ncc(Nc2nc(C3CC3)nc3cn[nH]c23)c1C. The Labute approximate surface area is 133 Å². The first kappa shape index (κ1) is 14.1. The molecule has 3 aromatic heterocycles. The Kier molecular flexibility index (Phi) is 3.45. The molecular weight excluding hydrogens is 294 g/mol. The number of aromatic amines is 1. The highest BCUT2D eigenvalue weighted by Gasteiger charge is 2.28. The summed E-state index contributed by atoms with van der Waals surface area (Å²) in [5.41, 5.74) is 3.63. The number of hydrogen-bond donors (Lipinski definition) is 2. The molecule has 0 radical (unpaired) electrons. The molecule has 1 saturated carbocycles. The van der Waals surface area contributed by atoms with Gasteiger partial charge in [0, 0.05) is 13.0 Å². The van der Waals surface area contributed by atoms with Crippen LogP contribution in [0.1, 0.15) is 30.3 Å². The van der Waals surface area contributed by atoms with Gasteiger partial charge in [-0.1, -0.05) is 0 Å². The number of fused-ring (bicyclic) bond motifs is 1. The van der Waals surface area contributed by atoms with E-state index in [1.165, 1.54) is 0 Å². The molecule has 3 heterocycles. The molecule has 0 spiro atoms. The number of rotatable bonds is 6. The van der Waals surface area contributed by atoms with Gasteiger partial charge in [0.1, 0.15) is 16.9 Å². The lowest BCUT2D eigenvalue weighted by Gasteiger charge is -2.08. The highest BCUT2D eigenvalue weighted by Crippen LogP contribution is 2.39. The summed E-state index contributed by atoms with van der Waals surface area (Å²) in [6.45, 7) is 3.38. The van der Waals surface area contributed by atoms with Crippen molar-refractivity contribution >= 4 is 22.5 Å². The molecule has 2 N–H and O–H groups in total.